The zero-order chi connectivity index (χ0) is 14.3. The maximum atomic E-state index is 11.5. The number of hydrogen-bond acceptors (Lipinski definition) is 3. The van der Waals surface area contributed by atoms with E-state index in [9.17, 15) is 4.79 Å². The molecule has 0 N–H and O–H groups in total. The van der Waals surface area contributed by atoms with Crippen LogP contribution in [0.5, 0.6) is 0 Å². The van der Waals surface area contributed by atoms with Gasteiger partial charge < -0.3 is 0 Å². The van der Waals surface area contributed by atoms with Crippen molar-refractivity contribution >= 4 is 11.1 Å². The van der Waals surface area contributed by atoms with E-state index in [1.54, 1.807) is 17.6 Å². The summed E-state index contributed by atoms with van der Waals surface area (Å²) in [6.45, 7) is 5.88. The SMILES string of the molecule is C=C(C)c1nn2ccccc2c1-c1ccc(=O)n(C)n1. The van der Waals surface area contributed by atoms with Crippen LogP contribution in [0.25, 0.3) is 22.3 Å². The molecule has 0 unspecified atom stereocenters. The van der Waals surface area contributed by atoms with Gasteiger partial charge in [0.25, 0.3) is 5.56 Å². The van der Waals surface area contributed by atoms with Gasteiger partial charge in [-0.1, -0.05) is 12.6 Å². The molecule has 0 aliphatic carbocycles. The lowest BCUT2D eigenvalue weighted by Crippen LogP contribution is -2.18. The Hall–Kier alpha value is -2.69. The van der Waals surface area contributed by atoms with E-state index in [4.69, 9.17) is 0 Å². The first kappa shape index (κ1) is 12.3. The summed E-state index contributed by atoms with van der Waals surface area (Å²) >= 11 is 0. The van der Waals surface area contributed by atoms with Gasteiger partial charge in [0.05, 0.1) is 22.5 Å². The van der Waals surface area contributed by atoms with Gasteiger partial charge in [0, 0.05) is 19.3 Å². The maximum Gasteiger partial charge on any atom is 0.266 e. The topological polar surface area (TPSA) is 52.2 Å². The first-order valence-electron chi connectivity index (χ1n) is 6.26. The Morgan fingerprint density at radius 1 is 1.20 bits per heavy atom. The fourth-order valence-electron chi connectivity index (χ4n) is 2.19. The number of pyridine rings is 1. The minimum atomic E-state index is -0.137. The van der Waals surface area contributed by atoms with E-state index in [-0.39, 0.29) is 5.56 Å². The smallest absolute Gasteiger partial charge is 0.266 e. The second-order valence-corrected chi connectivity index (χ2v) is 4.71. The second kappa shape index (κ2) is 4.45. The van der Waals surface area contributed by atoms with Gasteiger partial charge in [-0.3, -0.25) is 4.79 Å². The van der Waals surface area contributed by atoms with Gasteiger partial charge >= 0.3 is 0 Å². The van der Waals surface area contributed by atoms with Crippen LogP contribution in [0.2, 0.25) is 0 Å². The lowest BCUT2D eigenvalue weighted by Gasteiger charge is -2.03. The summed E-state index contributed by atoms with van der Waals surface area (Å²) in [7, 11) is 1.64. The predicted molar refractivity (Wildman–Crippen MR) is 78.4 cm³/mol. The van der Waals surface area contributed by atoms with Crippen molar-refractivity contribution in [2.24, 2.45) is 7.05 Å². The van der Waals surface area contributed by atoms with Crippen LogP contribution in [0, 0.1) is 0 Å². The Bertz CT molecular complexity index is 873. The third-order valence-corrected chi connectivity index (χ3v) is 3.16. The average Bonchev–Trinajstić information content (AvgIpc) is 2.81. The van der Waals surface area contributed by atoms with Crippen LogP contribution < -0.4 is 5.56 Å². The van der Waals surface area contributed by atoms with Crippen LogP contribution in [-0.2, 0) is 7.05 Å². The van der Waals surface area contributed by atoms with E-state index in [1.807, 2.05) is 31.3 Å². The molecule has 0 aliphatic rings. The molecule has 0 saturated carbocycles. The minimum absolute atomic E-state index is 0.137. The number of allylic oxidation sites excluding steroid dienone is 1. The van der Waals surface area contributed by atoms with Crippen molar-refractivity contribution in [1.29, 1.82) is 0 Å². The Kier molecular flexibility index (Phi) is 2.75. The van der Waals surface area contributed by atoms with Crippen molar-refractivity contribution in [1.82, 2.24) is 19.4 Å². The van der Waals surface area contributed by atoms with E-state index in [2.05, 4.69) is 16.8 Å². The lowest BCUT2D eigenvalue weighted by molar-refractivity contribution is 0.712. The first-order chi connectivity index (χ1) is 9.58. The fourth-order valence-corrected chi connectivity index (χ4v) is 2.19. The molecule has 0 spiro atoms. The lowest BCUT2D eigenvalue weighted by atomic mass is 10.1. The van der Waals surface area contributed by atoms with Crippen LogP contribution in [0.3, 0.4) is 0 Å². The van der Waals surface area contributed by atoms with Crippen LogP contribution >= 0.6 is 0 Å². The van der Waals surface area contributed by atoms with Crippen LogP contribution in [0.1, 0.15) is 12.6 Å². The highest BCUT2D eigenvalue weighted by Gasteiger charge is 2.16. The monoisotopic (exact) mass is 266 g/mol. The normalized spacial score (nSPS) is 10.9. The van der Waals surface area contributed by atoms with Crippen molar-refractivity contribution < 1.29 is 0 Å². The van der Waals surface area contributed by atoms with E-state index in [0.717, 1.165) is 22.3 Å². The van der Waals surface area contributed by atoms with Crippen molar-refractivity contribution in [3.05, 3.63) is 59.2 Å². The summed E-state index contributed by atoms with van der Waals surface area (Å²) < 4.78 is 3.12. The molecule has 3 rings (SSSR count). The second-order valence-electron chi connectivity index (χ2n) is 4.71. The van der Waals surface area contributed by atoms with Gasteiger partial charge in [-0.05, 0) is 30.7 Å². The zero-order valence-electron chi connectivity index (χ0n) is 11.4. The standard InChI is InChI=1S/C15H14N4O/c1-10(2)15-14(11-7-8-13(20)18(3)16-11)12-6-4-5-9-19(12)17-15/h4-9H,1H2,2-3H3. The minimum Gasteiger partial charge on any atom is -0.268 e. The Labute approximate surface area is 115 Å². The zero-order valence-corrected chi connectivity index (χ0v) is 11.4. The highest BCUT2D eigenvalue weighted by molar-refractivity contribution is 5.87. The van der Waals surface area contributed by atoms with Crippen molar-refractivity contribution in [3.8, 4) is 11.3 Å². The summed E-state index contributed by atoms with van der Waals surface area (Å²) in [5, 5.41) is 8.85. The first-order valence-corrected chi connectivity index (χ1v) is 6.26. The van der Waals surface area contributed by atoms with E-state index in [0.29, 0.717) is 5.69 Å². The van der Waals surface area contributed by atoms with Crippen molar-refractivity contribution in [3.63, 3.8) is 0 Å². The summed E-state index contributed by atoms with van der Waals surface area (Å²) in [5.74, 6) is 0. The quantitative estimate of drug-likeness (QED) is 0.714. The van der Waals surface area contributed by atoms with Gasteiger partial charge in [-0.25, -0.2) is 9.20 Å². The molecule has 0 aliphatic heterocycles. The molecule has 100 valence electrons. The van der Waals surface area contributed by atoms with Gasteiger partial charge in [-0.2, -0.15) is 10.2 Å². The van der Waals surface area contributed by atoms with Crippen molar-refractivity contribution in [2.45, 2.75) is 6.92 Å². The molecule has 5 heteroatoms. The van der Waals surface area contributed by atoms with Gasteiger partial charge in [0.2, 0.25) is 0 Å². The van der Waals surface area contributed by atoms with Gasteiger partial charge in [0.1, 0.15) is 0 Å². The van der Waals surface area contributed by atoms with Crippen LogP contribution in [0.4, 0.5) is 0 Å². The molecule has 20 heavy (non-hydrogen) atoms. The number of nitrogens with zero attached hydrogens (tertiary/aromatic N) is 4. The number of aryl methyl sites for hydroxylation is 1. The largest absolute Gasteiger partial charge is 0.268 e. The molecule has 3 aromatic rings. The molecule has 5 nitrogen and oxygen atoms in total. The molecule has 3 heterocycles. The van der Waals surface area contributed by atoms with E-state index in [1.165, 1.54) is 10.7 Å². The van der Waals surface area contributed by atoms with E-state index < -0.39 is 0 Å². The molecular weight excluding hydrogens is 252 g/mol. The molecule has 0 radical (unpaired) electrons. The maximum absolute atomic E-state index is 11.5. The van der Waals surface area contributed by atoms with Crippen LogP contribution in [0.15, 0.2) is 47.9 Å². The average molecular weight is 266 g/mol. The van der Waals surface area contributed by atoms with E-state index >= 15 is 0 Å². The highest BCUT2D eigenvalue weighted by atomic mass is 16.1. The molecule has 0 fully saturated rings. The number of hydrogen-bond donors (Lipinski definition) is 0. The Morgan fingerprint density at radius 3 is 2.70 bits per heavy atom. The Morgan fingerprint density at radius 2 is 2.00 bits per heavy atom. The summed E-state index contributed by atoms with van der Waals surface area (Å²) in [4.78, 5) is 11.5. The highest BCUT2D eigenvalue weighted by Crippen LogP contribution is 2.29. The Balaban J connectivity index is 2.38. The molecule has 3 aromatic heterocycles. The third-order valence-electron chi connectivity index (χ3n) is 3.16. The summed E-state index contributed by atoms with van der Waals surface area (Å²) in [6, 6.07) is 9.07. The molecular formula is C15H14N4O. The van der Waals surface area contributed by atoms with Gasteiger partial charge in [0.15, 0.2) is 0 Å². The molecule has 0 amide bonds. The molecule has 0 bridgehead atoms. The molecule has 0 atom stereocenters. The summed E-state index contributed by atoms with van der Waals surface area (Å²) in [6.07, 6.45) is 1.88. The number of rotatable bonds is 2. The predicted octanol–water partition coefficient (Wildman–Crippen LogP) is 2.13. The fraction of sp³-hybridized carbons (Fsp3) is 0.133. The summed E-state index contributed by atoms with van der Waals surface area (Å²) in [5.41, 5.74) is 4.07. The molecule has 0 saturated heterocycles. The van der Waals surface area contributed by atoms with Crippen molar-refractivity contribution in [2.75, 3.05) is 0 Å². The number of fused-ring (bicyclic) bond motifs is 1. The third kappa shape index (κ3) is 1.84. The van der Waals surface area contributed by atoms with Crippen LogP contribution in [-0.4, -0.2) is 19.4 Å². The van der Waals surface area contributed by atoms with Gasteiger partial charge in [-0.15, -0.1) is 0 Å². The number of aromatic nitrogens is 4. The molecule has 0 aromatic carbocycles.